The predicted molar refractivity (Wildman–Crippen MR) is 70.4 cm³/mol. The molecule has 1 amide bonds. The summed E-state index contributed by atoms with van der Waals surface area (Å²) in [5.41, 5.74) is 0. The minimum absolute atomic E-state index is 0. The van der Waals surface area contributed by atoms with Gasteiger partial charge < -0.3 is 17.0 Å². The van der Waals surface area contributed by atoms with E-state index >= 15 is 0 Å². The summed E-state index contributed by atoms with van der Waals surface area (Å²) in [6.07, 6.45) is 8.15. The van der Waals surface area contributed by atoms with E-state index in [9.17, 15) is 9.59 Å². The molecule has 0 aliphatic rings. The molecular weight excluding hydrogens is 257 g/mol. The van der Waals surface area contributed by atoms with Crippen LogP contribution in [0.1, 0.15) is 59.7 Å². The fourth-order valence-corrected chi connectivity index (χ4v) is 1.69. The van der Waals surface area contributed by atoms with E-state index in [-0.39, 0.29) is 36.9 Å². The van der Waals surface area contributed by atoms with Gasteiger partial charge in [0.05, 0.1) is 6.61 Å². The minimum atomic E-state index is -1.20. The number of aliphatic carboxylic acids is 1. The molecule has 0 radical (unpaired) electrons. The summed E-state index contributed by atoms with van der Waals surface area (Å²) in [6.45, 7) is 1.60. The van der Waals surface area contributed by atoms with Crippen LogP contribution in [0, 0.1) is 0 Å². The van der Waals surface area contributed by atoms with Crippen molar-refractivity contribution in [2.45, 2.75) is 64.3 Å². The molecule has 0 aromatic heterocycles. The van der Waals surface area contributed by atoms with Crippen LogP contribution >= 0.6 is 0 Å². The van der Waals surface area contributed by atoms with Crippen LogP contribution in [0.3, 0.4) is 0 Å². The van der Waals surface area contributed by atoms with E-state index < -0.39 is 18.6 Å². The first-order valence-corrected chi connectivity index (χ1v) is 6.74. The maximum atomic E-state index is 11.4. The molecule has 0 fully saturated rings. The van der Waals surface area contributed by atoms with Crippen LogP contribution in [-0.4, -0.2) is 34.7 Å². The van der Waals surface area contributed by atoms with E-state index in [4.69, 9.17) is 10.2 Å². The normalized spacial score (nSPS) is 11.5. The molecule has 3 N–H and O–H groups in total. The summed E-state index contributed by atoms with van der Waals surface area (Å²) in [5, 5.41) is 19.7. The van der Waals surface area contributed by atoms with E-state index in [2.05, 4.69) is 12.2 Å². The van der Waals surface area contributed by atoms with Gasteiger partial charge in [-0.1, -0.05) is 45.4 Å². The zero-order chi connectivity index (χ0) is 13.8. The zero-order valence-electron chi connectivity index (χ0n) is 13.2. The number of rotatable bonds is 11. The molecule has 0 spiro atoms. The molecule has 6 heteroatoms. The van der Waals surface area contributed by atoms with E-state index in [0.29, 0.717) is 6.42 Å². The molecule has 108 valence electrons. The van der Waals surface area contributed by atoms with Crippen molar-refractivity contribution in [3.05, 3.63) is 0 Å². The number of unbranched alkanes of at least 4 members (excludes halogenated alkanes) is 6. The maximum Gasteiger partial charge on any atom is 1.00 e. The third kappa shape index (κ3) is 12.7. The molecule has 0 unspecified atom stereocenters. The monoisotopic (exact) mass is 283 g/mol. The molecule has 0 aromatic rings. The van der Waals surface area contributed by atoms with Gasteiger partial charge in [-0.25, -0.2) is 4.79 Å². The Hall–Kier alpha value is -0.100. The standard InChI is InChI=1S/C13H25NO4.Na.H/c1-2-3-4-5-6-7-8-9-12(16)14-11(10-15)13(17)18;;/h11,15H,2-10H2,1H3,(H,14,16)(H,17,18);;/q;+1;-1/t11-;;/m0../s1. The first-order chi connectivity index (χ1) is 8.61. The van der Waals surface area contributed by atoms with Crippen molar-refractivity contribution in [1.29, 1.82) is 0 Å². The Morgan fingerprint density at radius 1 is 1.11 bits per heavy atom. The van der Waals surface area contributed by atoms with Crippen molar-refractivity contribution >= 4 is 11.9 Å². The van der Waals surface area contributed by atoms with Gasteiger partial charge in [-0.3, -0.25) is 4.79 Å². The Kier molecular flexibility index (Phi) is 16.0. The molecule has 0 aliphatic carbocycles. The Balaban J connectivity index is -0.00000144. The maximum absolute atomic E-state index is 11.4. The third-order valence-electron chi connectivity index (χ3n) is 2.82. The number of nitrogens with one attached hydrogen (secondary N) is 1. The van der Waals surface area contributed by atoms with Gasteiger partial charge in [0.25, 0.3) is 0 Å². The van der Waals surface area contributed by atoms with Crippen LogP contribution in [-0.2, 0) is 9.59 Å². The summed E-state index contributed by atoms with van der Waals surface area (Å²) in [7, 11) is 0. The average Bonchev–Trinajstić information content (AvgIpc) is 2.34. The third-order valence-corrected chi connectivity index (χ3v) is 2.82. The number of hydrogen-bond donors (Lipinski definition) is 3. The van der Waals surface area contributed by atoms with E-state index in [0.717, 1.165) is 19.3 Å². The van der Waals surface area contributed by atoms with Crippen LogP contribution in [0.15, 0.2) is 0 Å². The van der Waals surface area contributed by atoms with Crippen LogP contribution in [0.25, 0.3) is 0 Å². The number of aliphatic hydroxyl groups excluding tert-OH is 1. The Labute approximate surface area is 138 Å². The molecule has 19 heavy (non-hydrogen) atoms. The van der Waals surface area contributed by atoms with Crippen molar-refractivity contribution in [3.63, 3.8) is 0 Å². The van der Waals surface area contributed by atoms with E-state index in [1.165, 1.54) is 25.7 Å². The summed E-state index contributed by atoms with van der Waals surface area (Å²) < 4.78 is 0. The molecule has 0 aliphatic heterocycles. The molecular formula is C13H26NNaO4. The molecule has 5 nitrogen and oxygen atoms in total. The molecule has 0 rings (SSSR count). The van der Waals surface area contributed by atoms with Crippen LogP contribution in [0.2, 0.25) is 0 Å². The summed E-state index contributed by atoms with van der Waals surface area (Å²) in [6, 6.07) is -1.18. The second-order valence-corrected chi connectivity index (χ2v) is 4.51. The Morgan fingerprint density at radius 2 is 1.63 bits per heavy atom. The second kappa shape index (κ2) is 14.3. The molecule has 0 saturated heterocycles. The Morgan fingerprint density at radius 3 is 2.11 bits per heavy atom. The van der Waals surface area contributed by atoms with Crippen molar-refractivity contribution in [1.82, 2.24) is 5.32 Å². The summed E-state index contributed by atoms with van der Waals surface area (Å²) in [4.78, 5) is 21.9. The van der Waals surface area contributed by atoms with Crippen molar-refractivity contribution in [2.75, 3.05) is 6.61 Å². The Bertz CT molecular complexity index is 255. The number of aliphatic hydroxyl groups is 1. The quantitative estimate of drug-likeness (QED) is 0.328. The van der Waals surface area contributed by atoms with Crippen molar-refractivity contribution in [2.24, 2.45) is 0 Å². The number of carbonyl (C=O) groups excluding carboxylic acids is 1. The van der Waals surface area contributed by atoms with Gasteiger partial charge in [0, 0.05) is 6.42 Å². The largest absolute Gasteiger partial charge is 1.00 e. The average molecular weight is 283 g/mol. The molecule has 0 heterocycles. The molecule has 0 aromatic carbocycles. The predicted octanol–water partition coefficient (Wildman–Crippen LogP) is -1.19. The van der Waals surface area contributed by atoms with Gasteiger partial charge in [0.2, 0.25) is 5.91 Å². The van der Waals surface area contributed by atoms with Gasteiger partial charge in [-0.15, -0.1) is 0 Å². The SMILES string of the molecule is CCCCCCCCCC(=O)N[C@@H](CO)C(=O)O.[H-].[Na+]. The second-order valence-electron chi connectivity index (χ2n) is 4.51. The van der Waals surface area contributed by atoms with Gasteiger partial charge >= 0.3 is 35.5 Å². The molecule has 1 atom stereocenters. The van der Waals surface area contributed by atoms with Crippen LogP contribution in [0.5, 0.6) is 0 Å². The topological polar surface area (TPSA) is 86.6 Å². The fraction of sp³-hybridized carbons (Fsp3) is 0.846. The smallest absolute Gasteiger partial charge is 1.00 e. The van der Waals surface area contributed by atoms with Gasteiger partial charge in [-0.05, 0) is 6.42 Å². The number of carboxylic acid groups (broad SMARTS) is 1. The minimum Gasteiger partial charge on any atom is -1.00 e. The number of carbonyl (C=O) groups is 2. The number of hydrogen-bond acceptors (Lipinski definition) is 3. The first kappa shape index (κ1) is 21.2. The van der Waals surface area contributed by atoms with Crippen LogP contribution in [0.4, 0.5) is 0 Å². The summed E-state index contributed by atoms with van der Waals surface area (Å²) in [5.74, 6) is -1.50. The van der Waals surface area contributed by atoms with Gasteiger partial charge in [-0.2, -0.15) is 0 Å². The van der Waals surface area contributed by atoms with Crippen molar-refractivity contribution in [3.8, 4) is 0 Å². The fourth-order valence-electron chi connectivity index (χ4n) is 1.69. The summed E-state index contributed by atoms with van der Waals surface area (Å²) >= 11 is 0. The van der Waals surface area contributed by atoms with E-state index in [1.54, 1.807) is 0 Å². The molecule has 0 saturated carbocycles. The molecule has 0 bridgehead atoms. The number of carboxylic acids is 1. The van der Waals surface area contributed by atoms with Gasteiger partial charge in [0.1, 0.15) is 6.04 Å². The van der Waals surface area contributed by atoms with Gasteiger partial charge in [0.15, 0.2) is 0 Å². The number of amides is 1. The van der Waals surface area contributed by atoms with Crippen LogP contribution < -0.4 is 34.9 Å². The van der Waals surface area contributed by atoms with E-state index in [1.807, 2.05) is 0 Å². The zero-order valence-corrected chi connectivity index (χ0v) is 14.2. The van der Waals surface area contributed by atoms with Crippen molar-refractivity contribution < 1.29 is 50.8 Å². The first-order valence-electron chi connectivity index (χ1n) is 6.74.